The van der Waals surface area contributed by atoms with Crippen molar-refractivity contribution in [3.63, 3.8) is 0 Å². The Bertz CT molecular complexity index is 965. The van der Waals surface area contributed by atoms with Gasteiger partial charge < -0.3 is 19.5 Å². The number of carbonyl (C=O) groups is 3. The highest BCUT2D eigenvalue weighted by Gasteiger charge is 2.54. The van der Waals surface area contributed by atoms with E-state index >= 15 is 0 Å². The lowest BCUT2D eigenvalue weighted by molar-refractivity contribution is -0.152. The molecule has 1 N–H and O–H groups in total. The number of ether oxygens (including phenoxy) is 3. The van der Waals surface area contributed by atoms with Gasteiger partial charge in [0, 0.05) is 0 Å². The molecule has 1 aliphatic heterocycles. The molecule has 3 rings (SSSR count). The van der Waals surface area contributed by atoms with E-state index in [0.29, 0.717) is 18.8 Å². The topological polar surface area (TPSA) is 94.2 Å². The first kappa shape index (κ1) is 30.9. The third-order valence-corrected chi connectivity index (χ3v) is 7.36. The first-order valence-corrected chi connectivity index (χ1v) is 14.5. The number of nitrogens with zero attached hydrogens (tertiary/aromatic N) is 1. The van der Waals surface area contributed by atoms with Gasteiger partial charge in [0.25, 0.3) is 5.91 Å². The molecule has 1 saturated heterocycles. The number of esters is 1. The van der Waals surface area contributed by atoms with Crippen LogP contribution in [-0.4, -0.2) is 52.4 Å². The Kier molecular flexibility index (Phi) is 10.4. The second-order valence-corrected chi connectivity index (χ2v) is 12.9. The number of amides is 2. The van der Waals surface area contributed by atoms with Gasteiger partial charge in [-0.2, -0.15) is 0 Å². The number of hydrogen-bond acceptors (Lipinski definition) is 6. The molecule has 218 valence electrons. The third-order valence-electron chi connectivity index (χ3n) is 7.36. The van der Waals surface area contributed by atoms with Crippen molar-refractivity contribution in [3.8, 4) is 0 Å². The molecule has 8 heteroatoms. The molecule has 1 saturated carbocycles. The SMILES string of the molecule is CC(C)C[C@H](NC(=O)[C@H]1OC(C)(C)N(C(=O)OC(C)(C)C)[C@@H]1CC1CCCCC1)C(=O)OCc1ccccc1. The maximum atomic E-state index is 13.8. The standard InChI is InChI=1S/C31H48N2O6/c1-21(2)18-24(28(35)37-20-23-16-12-9-13-17-23)32-27(34)26-25(19-22-14-10-8-11-15-22)33(31(6,7)38-26)29(36)39-30(3,4)5/h9,12-13,16-17,21-22,24-26H,8,10-11,14-15,18-20H2,1-7H3,(H,32,34)/t24-,25+,26-/m0/s1. The summed E-state index contributed by atoms with van der Waals surface area (Å²) in [5.74, 6) is -0.344. The van der Waals surface area contributed by atoms with Crippen LogP contribution in [0.25, 0.3) is 0 Å². The first-order valence-electron chi connectivity index (χ1n) is 14.5. The Balaban J connectivity index is 1.80. The zero-order valence-electron chi connectivity index (χ0n) is 24.8. The maximum absolute atomic E-state index is 13.8. The summed E-state index contributed by atoms with van der Waals surface area (Å²) in [6, 6.07) is 8.13. The number of hydrogen-bond donors (Lipinski definition) is 1. The summed E-state index contributed by atoms with van der Waals surface area (Å²) in [7, 11) is 0. The average molecular weight is 545 g/mol. The van der Waals surface area contributed by atoms with Crippen molar-refractivity contribution >= 4 is 18.0 Å². The Morgan fingerprint density at radius 3 is 2.31 bits per heavy atom. The van der Waals surface area contributed by atoms with Crippen LogP contribution in [0.15, 0.2) is 30.3 Å². The molecule has 1 aliphatic carbocycles. The lowest BCUT2D eigenvalue weighted by atomic mass is 9.83. The van der Waals surface area contributed by atoms with Gasteiger partial charge in [-0.05, 0) is 64.9 Å². The van der Waals surface area contributed by atoms with Crippen molar-refractivity contribution in [1.29, 1.82) is 0 Å². The molecule has 2 fully saturated rings. The Morgan fingerprint density at radius 2 is 1.72 bits per heavy atom. The molecule has 2 amide bonds. The minimum absolute atomic E-state index is 0.133. The second-order valence-electron chi connectivity index (χ2n) is 12.9. The molecule has 39 heavy (non-hydrogen) atoms. The zero-order chi connectivity index (χ0) is 28.8. The Labute approximate surface area is 234 Å². The molecular formula is C31H48N2O6. The molecule has 0 bridgehead atoms. The monoisotopic (exact) mass is 544 g/mol. The molecule has 1 heterocycles. The van der Waals surface area contributed by atoms with Crippen LogP contribution in [-0.2, 0) is 30.4 Å². The molecular weight excluding hydrogens is 496 g/mol. The van der Waals surface area contributed by atoms with E-state index in [-0.39, 0.29) is 12.5 Å². The van der Waals surface area contributed by atoms with Crippen LogP contribution in [0.1, 0.15) is 99.0 Å². The van der Waals surface area contributed by atoms with Crippen LogP contribution >= 0.6 is 0 Å². The van der Waals surface area contributed by atoms with E-state index in [9.17, 15) is 14.4 Å². The van der Waals surface area contributed by atoms with Gasteiger partial charge in [0.2, 0.25) is 0 Å². The summed E-state index contributed by atoms with van der Waals surface area (Å²) < 4.78 is 17.6. The predicted octanol–water partition coefficient (Wildman–Crippen LogP) is 5.97. The van der Waals surface area contributed by atoms with Gasteiger partial charge in [0.1, 0.15) is 24.0 Å². The maximum Gasteiger partial charge on any atom is 0.412 e. The van der Waals surface area contributed by atoms with Crippen LogP contribution in [0.5, 0.6) is 0 Å². The third kappa shape index (κ3) is 8.95. The molecule has 3 atom stereocenters. The summed E-state index contributed by atoms with van der Waals surface area (Å²) in [5, 5.41) is 2.92. The molecule has 1 aromatic rings. The minimum Gasteiger partial charge on any atom is -0.459 e. The average Bonchev–Trinajstić information content (AvgIpc) is 3.12. The smallest absolute Gasteiger partial charge is 0.412 e. The number of nitrogens with one attached hydrogen (secondary N) is 1. The van der Waals surface area contributed by atoms with Gasteiger partial charge in [0.05, 0.1) is 6.04 Å². The largest absolute Gasteiger partial charge is 0.459 e. The van der Waals surface area contributed by atoms with E-state index in [4.69, 9.17) is 14.2 Å². The lowest BCUT2D eigenvalue weighted by Gasteiger charge is -2.36. The van der Waals surface area contributed by atoms with Crippen molar-refractivity contribution < 1.29 is 28.6 Å². The van der Waals surface area contributed by atoms with Crippen molar-refractivity contribution in [2.24, 2.45) is 11.8 Å². The summed E-state index contributed by atoms with van der Waals surface area (Å²) >= 11 is 0. The predicted molar refractivity (Wildman–Crippen MR) is 150 cm³/mol. The summed E-state index contributed by atoms with van der Waals surface area (Å²) in [6.07, 6.45) is 5.29. The van der Waals surface area contributed by atoms with Gasteiger partial charge in [0.15, 0.2) is 6.10 Å². The molecule has 2 aliphatic rings. The second kappa shape index (κ2) is 13.2. The van der Waals surface area contributed by atoms with E-state index in [1.807, 2.05) is 65.0 Å². The fraction of sp³-hybridized carbons (Fsp3) is 0.710. The van der Waals surface area contributed by atoms with Crippen molar-refractivity contribution in [3.05, 3.63) is 35.9 Å². The summed E-state index contributed by atoms with van der Waals surface area (Å²) in [6.45, 7) is 13.2. The van der Waals surface area contributed by atoms with E-state index in [0.717, 1.165) is 31.2 Å². The van der Waals surface area contributed by atoms with Gasteiger partial charge in [-0.3, -0.25) is 9.69 Å². The van der Waals surface area contributed by atoms with E-state index in [2.05, 4.69) is 5.32 Å². The number of rotatable bonds is 9. The van der Waals surface area contributed by atoms with Gasteiger partial charge in [-0.15, -0.1) is 0 Å². The number of carbonyl (C=O) groups excluding carboxylic acids is 3. The highest BCUT2D eigenvalue weighted by Crippen LogP contribution is 2.39. The van der Waals surface area contributed by atoms with Crippen molar-refractivity contribution in [2.45, 2.75) is 130 Å². The van der Waals surface area contributed by atoms with E-state index in [1.165, 1.54) is 6.42 Å². The molecule has 1 aromatic carbocycles. The Hall–Kier alpha value is -2.61. The highest BCUT2D eigenvalue weighted by molar-refractivity contribution is 5.88. The minimum atomic E-state index is -1.05. The highest BCUT2D eigenvalue weighted by atomic mass is 16.6. The fourth-order valence-electron chi connectivity index (χ4n) is 5.64. The molecule has 0 unspecified atom stereocenters. The van der Waals surface area contributed by atoms with Gasteiger partial charge in [-0.25, -0.2) is 9.59 Å². The van der Waals surface area contributed by atoms with E-state index in [1.54, 1.807) is 18.7 Å². The van der Waals surface area contributed by atoms with Crippen LogP contribution in [0.2, 0.25) is 0 Å². The zero-order valence-corrected chi connectivity index (χ0v) is 24.8. The lowest BCUT2D eigenvalue weighted by Crippen LogP contribution is -2.53. The van der Waals surface area contributed by atoms with Crippen LogP contribution < -0.4 is 5.32 Å². The van der Waals surface area contributed by atoms with Crippen LogP contribution in [0.3, 0.4) is 0 Å². The van der Waals surface area contributed by atoms with Crippen molar-refractivity contribution in [2.75, 3.05) is 0 Å². The molecule has 0 spiro atoms. The Morgan fingerprint density at radius 1 is 1.08 bits per heavy atom. The van der Waals surface area contributed by atoms with Gasteiger partial charge >= 0.3 is 12.1 Å². The van der Waals surface area contributed by atoms with Crippen LogP contribution in [0.4, 0.5) is 4.79 Å². The van der Waals surface area contributed by atoms with E-state index < -0.39 is 47.5 Å². The summed E-state index contributed by atoms with van der Waals surface area (Å²) in [5.41, 5.74) is -0.861. The summed E-state index contributed by atoms with van der Waals surface area (Å²) in [4.78, 5) is 41.9. The molecule has 0 aromatic heterocycles. The fourth-order valence-corrected chi connectivity index (χ4v) is 5.64. The molecule has 0 radical (unpaired) electrons. The van der Waals surface area contributed by atoms with Crippen LogP contribution in [0, 0.1) is 11.8 Å². The van der Waals surface area contributed by atoms with Gasteiger partial charge in [-0.1, -0.05) is 76.3 Å². The quantitative estimate of drug-likeness (QED) is 0.385. The normalized spacial score (nSPS) is 22.4. The molecule has 8 nitrogen and oxygen atoms in total. The first-order chi connectivity index (χ1) is 18.3. The number of benzene rings is 1. The van der Waals surface area contributed by atoms with Crippen molar-refractivity contribution in [1.82, 2.24) is 10.2 Å².